The van der Waals surface area contributed by atoms with Crippen LogP contribution in [0, 0.1) is 12.3 Å². The first-order valence-corrected chi connectivity index (χ1v) is 6.38. The van der Waals surface area contributed by atoms with E-state index in [9.17, 15) is 5.11 Å². The minimum Gasteiger partial charge on any atom is -0.396 e. The highest BCUT2D eigenvalue weighted by atomic mass is 16.3. The van der Waals surface area contributed by atoms with E-state index in [-0.39, 0.29) is 12.0 Å². The number of nitrogens with one attached hydrogen (secondary N) is 1. The molecule has 94 valence electrons. The lowest BCUT2D eigenvalue weighted by atomic mass is 9.74. The smallest absolute Gasteiger partial charge is 0.148 e. The average Bonchev–Trinajstić information content (AvgIpc) is 2.38. The molecule has 0 amide bonds. The zero-order valence-corrected chi connectivity index (χ0v) is 10.4. The first-order chi connectivity index (χ1) is 8.24. The maximum atomic E-state index is 9.60. The number of aryl methyl sites for hydroxylation is 1. The fourth-order valence-electron chi connectivity index (χ4n) is 2.52. The molecule has 1 saturated carbocycles. The number of anilines is 1. The monoisotopic (exact) mass is 235 g/mol. The van der Waals surface area contributed by atoms with Crippen LogP contribution in [0.1, 0.15) is 37.7 Å². The second kappa shape index (κ2) is 5.45. The van der Waals surface area contributed by atoms with E-state index >= 15 is 0 Å². The molecule has 17 heavy (non-hydrogen) atoms. The van der Waals surface area contributed by atoms with E-state index in [1.54, 1.807) is 6.20 Å². The van der Waals surface area contributed by atoms with Crippen molar-refractivity contribution in [3.05, 3.63) is 17.8 Å². The van der Waals surface area contributed by atoms with Gasteiger partial charge in [0.1, 0.15) is 5.82 Å². The van der Waals surface area contributed by atoms with Crippen LogP contribution in [0.4, 0.5) is 5.82 Å². The lowest BCUT2D eigenvalue weighted by molar-refractivity contribution is 0.0943. The molecule has 0 aliphatic heterocycles. The Kier molecular flexibility index (Phi) is 3.94. The molecule has 0 unspecified atom stereocenters. The molecule has 0 atom stereocenters. The van der Waals surface area contributed by atoms with Crippen molar-refractivity contribution in [2.24, 2.45) is 5.41 Å². The van der Waals surface area contributed by atoms with Crippen LogP contribution in [-0.4, -0.2) is 28.5 Å². The minimum absolute atomic E-state index is 0.0453. The molecule has 1 aliphatic carbocycles. The van der Waals surface area contributed by atoms with Gasteiger partial charge in [-0.3, -0.25) is 0 Å². The highest BCUT2D eigenvalue weighted by Gasteiger charge is 2.31. The van der Waals surface area contributed by atoms with E-state index in [1.165, 1.54) is 19.3 Å². The fourth-order valence-corrected chi connectivity index (χ4v) is 2.52. The lowest BCUT2D eigenvalue weighted by Crippen LogP contribution is -2.35. The van der Waals surface area contributed by atoms with E-state index in [2.05, 4.69) is 15.5 Å². The van der Waals surface area contributed by atoms with Gasteiger partial charge in [-0.25, -0.2) is 0 Å². The molecule has 1 aliphatic rings. The molecule has 1 fully saturated rings. The second-order valence-corrected chi connectivity index (χ2v) is 5.19. The molecule has 0 aromatic carbocycles. The number of nitrogens with zero attached hydrogens (tertiary/aromatic N) is 2. The van der Waals surface area contributed by atoms with Crippen LogP contribution in [-0.2, 0) is 0 Å². The maximum absolute atomic E-state index is 9.60. The van der Waals surface area contributed by atoms with Gasteiger partial charge in [-0.1, -0.05) is 19.3 Å². The van der Waals surface area contributed by atoms with Crippen molar-refractivity contribution in [1.82, 2.24) is 10.2 Å². The Morgan fingerprint density at radius 2 is 2.12 bits per heavy atom. The highest BCUT2D eigenvalue weighted by Crippen LogP contribution is 2.35. The molecule has 0 radical (unpaired) electrons. The van der Waals surface area contributed by atoms with Gasteiger partial charge in [-0.2, -0.15) is 5.10 Å². The van der Waals surface area contributed by atoms with Crippen LogP contribution >= 0.6 is 0 Å². The summed E-state index contributed by atoms with van der Waals surface area (Å²) in [5.41, 5.74) is 1.15. The Morgan fingerprint density at radius 3 is 2.76 bits per heavy atom. The van der Waals surface area contributed by atoms with Crippen LogP contribution in [0.2, 0.25) is 0 Å². The van der Waals surface area contributed by atoms with Crippen molar-refractivity contribution in [3.8, 4) is 0 Å². The quantitative estimate of drug-likeness (QED) is 0.839. The van der Waals surface area contributed by atoms with Gasteiger partial charge in [-0.05, 0) is 31.4 Å². The summed E-state index contributed by atoms with van der Waals surface area (Å²) in [5.74, 6) is 0.809. The zero-order chi connectivity index (χ0) is 12.1. The normalized spacial score (nSPS) is 18.9. The number of rotatable bonds is 4. The summed E-state index contributed by atoms with van der Waals surface area (Å²) in [6.07, 6.45) is 7.70. The molecule has 2 rings (SSSR count). The minimum atomic E-state index is 0.0453. The van der Waals surface area contributed by atoms with Crippen molar-refractivity contribution in [2.75, 3.05) is 18.5 Å². The second-order valence-electron chi connectivity index (χ2n) is 5.19. The molecule has 4 heteroatoms. The van der Waals surface area contributed by atoms with Crippen LogP contribution in [0.25, 0.3) is 0 Å². The van der Waals surface area contributed by atoms with Crippen LogP contribution in [0.5, 0.6) is 0 Å². The van der Waals surface area contributed by atoms with Gasteiger partial charge in [0.15, 0.2) is 0 Å². The average molecular weight is 235 g/mol. The molecule has 2 N–H and O–H groups in total. The Hall–Kier alpha value is -1.16. The summed E-state index contributed by atoms with van der Waals surface area (Å²) in [6, 6.07) is 1.99. The summed E-state index contributed by atoms with van der Waals surface area (Å²) in [5, 5.41) is 20.9. The molecule has 4 nitrogen and oxygen atoms in total. The number of hydrogen-bond acceptors (Lipinski definition) is 4. The molecule has 1 aromatic rings. The molecular weight excluding hydrogens is 214 g/mol. The summed E-state index contributed by atoms with van der Waals surface area (Å²) in [7, 11) is 0. The first-order valence-electron chi connectivity index (χ1n) is 6.38. The van der Waals surface area contributed by atoms with Crippen molar-refractivity contribution in [1.29, 1.82) is 0 Å². The molecule has 0 saturated heterocycles. The predicted molar refractivity (Wildman–Crippen MR) is 67.9 cm³/mol. The van der Waals surface area contributed by atoms with Gasteiger partial charge in [-0.15, -0.1) is 5.10 Å². The molecule has 1 heterocycles. The van der Waals surface area contributed by atoms with Gasteiger partial charge in [0.05, 0.1) is 12.8 Å². The standard InChI is InChI=1S/C13H21N3O/c1-11-7-12(16-15-8-11)14-9-13(10-17)5-3-2-4-6-13/h7-8,17H,2-6,9-10H2,1H3,(H,14,16). The van der Waals surface area contributed by atoms with Crippen LogP contribution in [0.15, 0.2) is 12.3 Å². The van der Waals surface area contributed by atoms with E-state index in [0.717, 1.165) is 30.8 Å². The maximum Gasteiger partial charge on any atom is 0.148 e. The summed E-state index contributed by atoms with van der Waals surface area (Å²) in [4.78, 5) is 0. The lowest BCUT2D eigenvalue weighted by Gasteiger charge is -2.35. The molecule has 0 spiro atoms. The van der Waals surface area contributed by atoms with Gasteiger partial charge in [0, 0.05) is 12.0 Å². The highest BCUT2D eigenvalue weighted by molar-refractivity contribution is 5.35. The fraction of sp³-hybridized carbons (Fsp3) is 0.692. The van der Waals surface area contributed by atoms with Crippen molar-refractivity contribution >= 4 is 5.82 Å². The van der Waals surface area contributed by atoms with Gasteiger partial charge >= 0.3 is 0 Å². The van der Waals surface area contributed by atoms with E-state index in [0.29, 0.717) is 0 Å². The Labute approximate surface area is 102 Å². The van der Waals surface area contributed by atoms with Gasteiger partial charge in [0.25, 0.3) is 0 Å². The van der Waals surface area contributed by atoms with E-state index < -0.39 is 0 Å². The first kappa shape index (κ1) is 12.3. The Balaban J connectivity index is 1.95. The molecule has 0 bridgehead atoms. The Bertz CT molecular complexity index is 361. The van der Waals surface area contributed by atoms with E-state index in [1.807, 2.05) is 13.0 Å². The van der Waals surface area contributed by atoms with Crippen molar-refractivity contribution < 1.29 is 5.11 Å². The van der Waals surface area contributed by atoms with Crippen molar-refractivity contribution in [3.63, 3.8) is 0 Å². The van der Waals surface area contributed by atoms with Gasteiger partial charge < -0.3 is 10.4 Å². The third-order valence-corrected chi connectivity index (χ3v) is 3.69. The summed E-state index contributed by atoms with van der Waals surface area (Å²) in [6.45, 7) is 3.06. The zero-order valence-electron chi connectivity index (χ0n) is 10.4. The van der Waals surface area contributed by atoms with Crippen molar-refractivity contribution in [2.45, 2.75) is 39.0 Å². The number of aromatic nitrogens is 2. The predicted octanol–water partition coefficient (Wildman–Crippen LogP) is 2.14. The number of aliphatic hydroxyl groups excluding tert-OH is 1. The molecular formula is C13H21N3O. The largest absolute Gasteiger partial charge is 0.396 e. The third-order valence-electron chi connectivity index (χ3n) is 3.69. The van der Waals surface area contributed by atoms with Crippen LogP contribution in [0.3, 0.4) is 0 Å². The summed E-state index contributed by atoms with van der Waals surface area (Å²) >= 11 is 0. The molecule has 1 aromatic heterocycles. The van der Waals surface area contributed by atoms with Crippen LogP contribution < -0.4 is 5.32 Å². The topological polar surface area (TPSA) is 58.0 Å². The Morgan fingerprint density at radius 1 is 1.35 bits per heavy atom. The number of aliphatic hydroxyl groups is 1. The third kappa shape index (κ3) is 3.16. The van der Waals surface area contributed by atoms with E-state index in [4.69, 9.17) is 0 Å². The SMILES string of the molecule is Cc1cnnc(NCC2(CO)CCCCC2)c1. The van der Waals surface area contributed by atoms with Gasteiger partial charge in [0.2, 0.25) is 0 Å². The number of hydrogen-bond donors (Lipinski definition) is 2. The summed E-state index contributed by atoms with van der Waals surface area (Å²) < 4.78 is 0.